The highest BCUT2D eigenvalue weighted by atomic mass is 127. The number of aromatic amines is 1. The predicted octanol–water partition coefficient (Wildman–Crippen LogP) is 3.44. The Morgan fingerprint density at radius 3 is 2.56 bits per heavy atom. The Kier molecular flexibility index (Phi) is 3.91. The van der Waals surface area contributed by atoms with E-state index in [0.717, 1.165) is 16.1 Å². The molecule has 1 heterocycles. The molecule has 0 aliphatic carbocycles. The second-order valence-electron chi connectivity index (χ2n) is 3.82. The summed E-state index contributed by atoms with van der Waals surface area (Å²) >= 11 is 7.98. The van der Waals surface area contributed by atoms with E-state index in [1.54, 1.807) is 0 Å². The molecule has 0 amide bonds. The number of hydrogen-bond donors (Lipinski definition) is 1. The molecule has 1 aromatic heterocycles. The van der Waals surface area contributed by atoms with Gasteiger partial charge in [0.15, 0.2) is 0 Å². The summed E-state index contributed by atoms with van der Waals surface area (Å²) in [7, 11) is 0. The summed E-state index contributed by atoms with van der Waals surface area (Å²) < 4.78 is 6.03. The number of halogens is 2. The van der Waals surface area contributed by atoms with E-state index in [4.69, 9.17) is 16.3 Å². The molecule has 0 aliphatic rings. The number of aryl methyl sites for hydroxylation is 2. The third-order valence-corrected chi connectivity index (χ3v) is 3.94. The lowest BCUT2D eigenvalue weighted by Gasteiger charge is -2.09. The van der Waals surface area contributed by atoms with Gasteiger partial charge in [-0.15, -0.1) is 0 Å². The number of H-pyrrole nitrogens is 1. The molecule has 6 heteroatoms. The Hall–Kier alpha value is -1.08. The second kappa shape index (κ2) is 5.27. The molecule has 2 aromatic rings. The molecular weight excluding hydrogens is 367 g/mol. The lowest BCUT2D eigenvalue weighted by atomic mass is 10.1. The molecule has 0 spiro atoms. The van der Waals surface area contributed by atoms with Gasteiger partial charge in [0.1, 0.15) is 9.32 Å². The number of aromatic nitrogens is 2. The SMILES string of the molecule is Cc1cc(Oc2nc[nH]c(=O)c2I)cc(C)c1Cl. The molecule has 94 valence electrons. The van der Waals surface area contributed by atoms with Crippen molar-refractivity contribution >= 4 is 34.2 Å². The van der Waals surface area contributed by atoms with Crippen LogP contribution in [0.1, 0.15) is 11.1 Å². The van der Waals surface area contributed by atoms with Gasteiger partial charge in [-0.25, -0.2) is 4.98 Å². The van der Waals surface area contributed by atoms with Gasteiger partial charge in [-0.05, 0) is 59.7 Å². The molecular formula is C12H10ClIN2O2. The van der Waals surface area contributed by atoms with Crippen molar-refractivity contribution in [1.29, 1.82) is 0 Å². The molecule has 0 unspecified atom stereocenters. The quantitative estimate of drug-likeness (QED) is 0.817. The molecule has 0 bridgehead atoms. The van der Waals surface area contributed by atoms with E-state index in [1.807, 2.05) is 48.6 Å². The molecule has 18 heavy (non-hydrogen) atoms. The smallest absolute Gasteiger partial charge is 0.268 e. The van der Waals surface area contributed by atoms with Gasteiger partial charge in [-0.2, -0.15) is 0 Å². The van der Waals surface area contributed by atoms with Crippen LogP contribution in [0.25, 0.3) is 0 Å². The average molecular weight is 377 g/mol. The fourth-order valence-electron chi connectivity index (χ4n) is 1.51. The highest BCUT2D eigenvalue weighted by molar-refractivity contribution is 14.1. The first-order valence-electron chi connectivity index (χ1n) is 5.17. The van der Waals surface area contributed by atoms with E-state index in [2.05, 4.69) is 9.97 Å². The van der Waals surface area contributed by atoms with Crippen molar-refractivity contribution in [2.45, 2.75) is 13.8 Å². The van der Waals surface area contributed by atoms with Gasteiger partial charge in [0.05, 0.1) is 6.33 Å². The molecule has 0 aliphatic heterocycles. The summed E-state index contributed by atoms with van der Waals surface area (Å²) in [5, 5.41) is 0.718. The summed E-state index contributed by atoms with van der Waals surface area (Å²) in [6, 6.07) is 3.63. The largest absolute Gasteiger partial charge is 0.438 e. The standard InChI is InChI=1S/C12H10ClIN2O2/c1-6-3-8(4-7(2)9(6)13)18-12-10(14)11(17)15-5-16-12/h3-5H,1-2H3,(H,15,16,17). The van der Waals surface area contributed by atoms with Gasteiger partial charge < -0.3 is 9.72 Å². The summed E-state index contributed by atoms with van der Waals surface area (Å²) in [6.45, 7) is 3.80. The monoisotopic (exact) mass is 376 g/mol. The molecule has 1 N–H and O–H groups in total. The molecule has 0 saturated heterocycles. The van der Waals surface area contributed by atoms with Crippen LogP contribution in [0.5, 0.6) is 11.6 Å². The highest BCUT2D eigenvalue weighted by Gasteiger charge is 2.09. The lowest BCUT2D eigenvalue weighted by Crippen LogP contribution is -2.11. The maximum absolute atomic E-state index is 11.4. The minimum atomic E-state index is -0.219. The van der Waals surface area contributed by atoms with Gasteiger partial charge in [-0.1, -0.05) is 11.6 Å². The summed E-state index contributed by atoms with van der Waals surface area (Å²) in [5.74, 6) is 0.908. The zero-order chi connectivity index (χ0) is 13.3. The first kappa shape index (κ1) is 13.4. The highest BCUT2D eigenvalue weighted by Crippen LogP contribution is 2.29. The average Bonchev–Trinajstić information content (AvgIpc) is 2.32. The maximum atomic E-state index is 11.4. The number of hydrogen-bond acceptors (Lipinski definition) is 3. The van der Waals surface area contributed by atoms with E-state index in [1.165, 1.54) is 6.33 Å². The van der Waals surface area contributed by atoms with Crippen LogP contribution >= 0.6 is 34.2 Å². The Morgan fingerprint density at radius 1 is 1.33 bits per heavy atom. The van der Waals surface area contributed by atoms with Gasteiger partial charge in [0.25, 0.3) is 5.56 Å². The van der Waals surface area contributed by atoms with Gasteiger partial charge in [-0.3, -0.25) is 4.79 Å². The van der Waals surface area contributed by atoms with E-state index < -0.39 is 0 Å². The van der Waals surface area contributed by atoms with Crippen LogP contribution in [0, 0.1) is 17.4 Å². The van der Waals surface area contributed by atoms with Crippen molar-refractivity contribution in [2.75, 3.05) is 0 Å². The van der Waals surface area contributed by atoms with Crippen LogP contribution in [0.4, 0.5) is 0 Å². The Labute approximate surface area is 122 Å². The summed E-state index contributed by atoms with van der Waals surface area (Å²) in [5.41, 5.74) is 1.63. The summed E-state index contributed by atoms with van der Waals surface area (Å²) in [6.07, 6.45) is 1.31. The third-order valence-electron chi connectivity index (χ3n) is 2.39. The van der Waals surface area contributed by atoms with Crippen molar-refractivity contribution in [3.05, 3.63) is 48.5 Å². The molecule has 0 radical (unpaired) electrons. The van der Waals surface area contributed by atoms with Crippen LogP contribution in [0.15, 0.2) is 23.3 Å². The zero-order valence-corrected chi connectivity index (χ0v) is 12.7. The predicted molar refractivity (Wildman–Crippen MR) is 78.6 cm³/mol. The maximum Gasteiger partial charge on any atom is 0.268 e. The van der Waals surface area contributed by atoms with Crippen molar-refractivity contribution in [3.8, 4) is 11.6 Å². The zero-order valence-electron chi connectivity index (χ0n) is 9.75. The second-order valence-corrected chi connectivity index (χ2v) is 5.28. The van der Waals surface area contributed by atoms with Crippen molar-refractivity contribution in [3.63, 3.8) is 0 Å². The molecule has 4 nitrogen and oxygen atoms in total. The molecule has 2 rings (SSSR count). The third kappa shape index (κ3) is 2.67. The Morgan fingerprint density at radius 2 is 1.94 bits per heavy atom. The number of benzene rings is 1. The fourth-order valence-corrected chi connectivity index (χ4v) is 2.03. The number of nitrogens with one attached hydrogen (secondary N) is 1. The Bertz CT molecular complexity index is 632. The lowest BCUT2D eigenvalue weighted by molar-refractivity contribution is 0.456. The van der Waals surface area contributed by atoms with Crippen molar-refractivity contribution < 1.29 is 4.74 Å². The number of rotatable bonds is 2. The molecule has 0 fully saturated rings. The van der Waals surface area contributed by atoms with E-state index in [9.17, 15) is 4.79 Å². The van der Waals surface area contributed by atoms with Crippen LogP contribution in [0.2, 0.25) is 5.02 Å². The fraction of sp³-hybridized carbons (Fsp3) is 0.167. The normalized spacial score (nSPS) is 10.4. The van der Waals surface area contributed by atoms with Gasteiger partial charge >= 0.3 is 0 Å². The van der Waals surface area contributed by atoms with Crippen molar-refractivity contribution in [1.82, 2.24) is 9.97 Å². The molecule has 1 aromatic carbocycles. The van der Waals surface area contributed by atoms with Crippen molar-refractivity contribution in [2.24, 2.45) is 0 Å². The molecule has 0 atom stereocenters. The Balaban J connectivity index is 2.40. The first-order valence-corrected chi connectivity index (χ1v) is 6.62. The van der Waals surface area contributed by atoms with Crippen LogP contribution in [0.3, 0.4) is 0 Å². The minimum absolute atomic E-state index is 0.219. The number of nitrogens with zero attached hydrogens (tertiary/aromatic N) is 1. The summed E-state index contributed by atoms with van der Waals surface area (Å²) in [4.78, 5) is 17.9. The number of ether oxygens (including phenoxy) is 1. The topological polar surface area (TPSA) is 55.0 Å². The van der Waals surface area contributed by atoms with Crippen LogP contribution in [-0.2, 0) is 0 Å². The van der Waals surface area contributed by atoms with Crippen LogP contribution < -0.4 is 10.3 Å². The van der Waals surface area contributed by atoms with Crippen LogP contribution in [-0.4, -0.2) is 9.97 Å². The molecule has 0 saturated carbocycles. The van der Waals surface area contributed by atoms with Gasteiger partial charge in [0, 0.05) is 5.02 Å². The van der Waals surface area contributed by atoms with E-state index in [0.29, 0.717) is 15.2 Å². The van der Waals surface area contributed by atoms with E-state index >= 15 is 0 Å². The van der Waals surface area contributed by atoms with E-state index in [-0.39, 0.29) is 5.56 Å². The van der Waals surface area contributed by atoms with Gasteiger partial charge in [0.2, 0.25) is 5.88 Å². The minimum Gasteiger partial charge on any atom is -0.438 e. The first-order chi connectivity index (χ1) is 8.49.